The van der Waals surface area contributed by atoms with E-state index in [1.807, 2.05) is 0 Å². The highest BCUT2D eigenvalue weighted by Gasteiger charge is 2.13. The molecule has 0 unspecified atom stereocenters. The van der Waals surface area contributed by atoms with E-state index in [-0.39, 0.29) is 11.4 Å². The second-order valence-corrected chi connectivity index (χ2v) is 2.74. The van der Waals surface area contributed by atoms with Crippen molar-refractivity contribution in [1.82, 2.24) is 0 Å². The first-order valence-electron chi connectivity index (χ1n) is 4.30. The molecule has 1 aromatic rings. The molecule has 0 heterocycles. The van der Waals surface area contributed by atoms with Crippen LogP contribution in [-0.2, 0) is 0 Å². The van der Waals surface area contributed by atoms with Crippen molar-refractivity contribution in [2.75, 3.05) is 12.5 Å². The van der Waals surface area contributed by atoms with E-state index in [9.17, 15) is 8.78 Å². The molecule has 7 heteroatoms. The van der Waals surface area contributed by atoms with Gasteiger partial charge in [0, 0.05) is 0 Å². The third-order valence-electron chi connectivity index (χ3n) is 1.75. The summed E-state index contributed by atoms with van der Waals surface area (Å²) in [6.07, 6.45) is 0. The van der Waals surface area contributed by atoms with Crippen molar-refractivity contribution in [2.45, 2.75) is 0 Å². The molecule has 0 saturated carbocycles. The minimum Gasteiger partial charge on any atom is -0.491 e. The minimum atomic E-state index is -1.18. The van der Waals surface area contributed by atoms with Gasteiger partial charge in [-0.2, -0.15) is 20.0 Å². The highest BCUT2D eigenvalue weighted by atomic mass is 19.2. The fraction of sp³-hybridized carbons (Fsp3) is 0.100. The quantitative estimate of drug-likeness (QED) is 0.640. The van der Waals surface area contributed by atoms with Gasteiger partial charge in [0.2, 0.25) is 11.5 Å². The van der Waals surface area contributed by atoms with Crippen molar-refractivity contribution in [3.63, 3.8) is 0 Å². The Bertz CT molecular complexity index is 526. The average Bonchev–Trinajstić information content (AvgIpc) is 2.35. The summed E-state index contributed by atoms with van der Waals surface area (Å²) in [5.74, 6) is -2.63. The van der Waals surface area contributed by atoms with Crippen LogP contribution < -0.4 is 10.2 Å². The number of benzene rings is 1. The molecule has 5 nitrogen and oxygen atoms in total. The molecule has 0 amide bonds. The minimum absolute atomic E-state index is 0.00870. The molecule has 1 aromatic carbocycles. The zero-order valence-electron chi connectivity index (χ0n) is 8.66. The third kappa shape index (κ3) is 2.67. The van der Waals surface area contributed by atoms with Crippen LogP contribution in [0, 0.1) is 34.3 Å². The van der Waals surface area contributed by atoms with Crippen LogP contribution in [0.15, 0.2) is 17.2 Å². The smallest absolute Gasteiger partial charge is 0.237 e. The molecule has 1 rings (SSSR count). The molecule has 0 spiro atoms. The first-order chi connectivity index (χ1) is 8.13. The molecule has 0 aliphatic rings. The topological polar surface area (TPSA) is 81.2 Å². The van der Waals surface area contributed by atoms with Gasteiger partial charge in [0.05, 0.1) is 7.11 Å². The Morgan fingerprint density at radius 3 is 2.53 bits per heavy atom. The highest BCUT2D eigenvalue weighted by molar-refractivity contribution is 6.10. The summed E-state index contributed by atoms with van der Waals surface area (Å²) in [5, 5.41) is 20.2. The van der Waals surface area contributed by atoms with Gasteiger partial charge in [-0.05, 0) is 12.1 Å². The fourth-order valence-electron chi connectivity index (χ4n) is 1.01. The zero-order chi connectivity index (χ0) is 12.8. The van der Waals surface area contributed by atoms with Gasteiger partial charge >= 0.3 is 0 Å². The lowest BCUT2D eigenvalue weighted by molar-refractivity contribution is 0.373. The Labute approximate surface area is 95.5 Å². The second-order valence-electron chi connectivity index (χ2n) is 2.74. The molecule has 0 radical (unpaired) electrons. The molecule has 17 heavy (non-hydrogen) atoms. The summed E-state index contributed by atoms with van der Waals surface area (Å²) in [7, 11) is 1.16. The van der Waals surface area contributed by atoms with Crippen LogP contribution in [0.25, 0.3) is 0 Å². The Morgan fingerprint density at radius 1 is 1.35 bits per heavy atom. The van der Waals surface area contributed by atoms with Crippen LogP contribution >= 0.6 is 0 Å². The summed E-state index contributed by atoms with van der Waals surface area (Å²) in [6.45, 7) is 0. The van der Waals surface area contributed by atoms with Crippen molar-refractivity contribution >= 4 is 11.4 Å². The molecular weight excluding hydrogens is 230 g/mol. The second kappa shape index (κ2) is 5.42. The predicted molar refractivity (Wildman–Crippen MR) is 55.2 cm³/mol. The number of methoxy groups -OCH3 is 1. The zero-order valence-corrected chi connectivity index (χ0v) is 8.66. The number of nitriles is 2. The first-order valence-corrected chi connectivity index (χ1v) is 4.30. The van der Waals surface area contributed by atoms with Crippen LogP contribution in [0.1, 0.15) is 0 Å². The molecule has 0 aromatic heterocycles. The van der Waals surface area contributed by atoms with E-state index in [0.29, 0.717) is 0 Å². The normalized spacial score (nSPS) is 8.76. The number of nitrogens with zero attached hydrogens (tertiary/aromatic N) is 3. The monoisotopic (exact) mass is 236 g/mol. The largest absolute Gasteiger partial charge is 0.491 e. The van der Waals surface area contributed by atoms with Crippen LogP contribution in [0.3, 0.4) is 0 Å². The molecule has 1 N–H and O–H groups in total. The summed E-state index contributed by atoms with van der Waals surface area (Å²) >= 11 is 0. The van der Waals surface area contributed by atoms with Gasteiger partial charge in [-0.3, -0.25) is 5.43 Å². The number of hydrogen-bond donors (Lipinski definition) is 1. The molecular formula is C10H6F2N4O. The standard InChI is InChI=1S/C10H6F2N4O/c1-17-10-8(3-2-7(11)9(10)12)16-15-6(4-13)5-14/h2-3,16H,1H3. The molecule has 86 valence electrons. The highest BCUT2D eigenvalue weighted by Crippen LogP contribution is 2.29. The van der Waals surface area contributed by atoms with Crippen LogP contribution in [0.4, 0.5) is 14.5 Å². The van der Waals surface area contributed by atoms with Gasteiger partial charge in [0.1, 0.15) is 17.8 Å². The van der Waals surface area contributed by atoms with Crippen LogP contribution in [0.5, 0.6) is 5.75 Å². The Morgan fingerprint density at radius 2 is 2.00 bits per heavy atom. The molecule has 0 atom stereocenters. The number of halogens is 2. The molecule has 0 fully saturated rings. The van der Waals surface area contributed by atoms with Gasteiger partial charge in [-0.1, -0.05) is 0 Å². The molecule has 0 aliphatic heterocycles. The van der Waals surface area contributed by atoms with Gasteiger partial charge in [0.15, 0.2) is 11.6 Å². The number of rotatable bonds is 3. The van der Waals surface area contributed by atoms with Gasteiger partial charge in [-0.25, -0.2) is 4.39 Å². The number of hydrazone groups is 1. The molecule has 0 saturated heterocycles. The van der Waals surface area contributed by atoms with E-state index in [4.69, 9.17) is 10.5 Å². The Kier molecular flexibility index (Phi) is 3.96. The Balaban J connectivity index is 3.10. The molecule has 0 aliphatic carbocycles. The lowest BCUT2D eigenvalue weighted by Gasteiger charge is -2.08. The Hall–Kier alpha value is -2.67. The van der Waals surface area contributed by atoms with Crippen molar-refractivity contribution in [1.29, 1.82) is 10.5 Å². The maximum atomic E-state index is 13.2. The third-order valence-corrected chi connectivity index (χ3v) is 1.75. The van der Waals surface area contributed by atoms with Crippen LogP contribution in [-0.4, -0.2) is 12.8 Å². The maximum Gasteiger partial charge on any atom is 0.237 e. The van der Waals surface area contributed by atoms with E-state index in [0.717, 1.165) is 13.2 Å². The summed E-state index contributed by atoms with van der Waals surface area (Å²) in [5.41, 5.74) is 1.81. The number of anilines is 1. The van der Waals surface area contributed by atoms with Gasteiger partial charge in [0.25, 0.3) is 0 Å². The summed E-state index contributed by atoms with van der Waals surface area (Å²) < 4.78 is 30.7. The number of hydrogen-bond acceptors (Lipinski definition) is 5. The predicted octanol–water partition coefficient (Wildman–Crippen LogP) is 1.79. The summed E-state index contributed by atoms with van der Waals surface area (Å²) in [6, 6.07) is 5.05. The van der Waals surface area contributed by atoms with Gasteiger partial charge < -0.3 is 4.74 Å². The van der Waals surface area contributed by atoms with Gasteiger partial charge in [-0.15, -0.1) is 0 Å². The fourth-order valence-corrected chi connectivity index (χ4v) is 1.01. The SMILES string of the molecule is COc1c(NN=C(C#N)C#N)ccc(F)c1F. The average molecular weight is 236 g/mol. The first kappa shape index (κ1) is 12.4. The van der Waals surface area contributed by atoms with Crippen molar-refractivity contribution in [3.8, 4) is 17.9 Å². The lowest BCUT2D eigenvalue weighted by atomic mass is 10.3. The van der Waals surface area contributed by atoms with Crippen molar-refractivity contribution < 1.29 is 13.5 Å². The van der Waals surface area contributed by atoms with E-state index < -0.39 is 17.3 Å². The number of nitrogens with one attached hydrogen (secondary N) is 1. The summed E-state index contributed by atoms with van der Waals surface area (Å²) in [4.78, 5) is 0. The number of ether oxygens (including phenoxy) is 1. The van der Waals surface area contributed by atoms with Crippen molar-refractivity contribution in [3.05, 3.63) is 23.8 Å². The van der Waals surface area contributed by atoms with E-state index >= 15 is 0 Å². The van der Waals surface area contributed by atoms with E-state index in [1.165, 1.54) is 18.2 Å². The maximum absolute atomic E-state index is 13.2. The molecule has 0 bridgehead atoms. The van der Waals surface area contributed by atoms with Crippen LogP contribution in [0.2, 0.25) is 0 Å². The van der Waals surface area contributed by atoms with E-state index in [1.54, 1.807) is 0 Å². The van der Waals surface area contributed by atoms with Crippen molar-refractivity contribution in [2.24, 2.45) is 5.10 Å². The lowest BCUT2D eigenvalue weighted by Crippen LogP contribution is -2.01. The van der Waals surface area contributed by atoms with E-state index in [2.05, 4.69) is 15.3 Å².